The lowest BCUT2D eigenvalue weighted by atomic mass is 10.0. The molecule has 0 bridgehead atoms. The zero-order valence-corrected chi connectivity index (χ0v) is 10.9. The van der Waals surface area contributed by atoms with Gasteiger partial charge in [0, 0.05) is 19.2 Å². The third kappa shape index (κ3) is 2.45. The van der Waals surface area contributed by atoms with Crippen LogP contribution in [0, 0.1) is 0 Å². The number of hydrogen-bond donors (Lipinski definition) is 0. The van der Waals surface area contributed by atoms with Gasteiger partial charge in [0.2, 0.25) is 0 Å². The first-order valence-electron chi connectivity index (χ1n) is 6.49. The number of benzene rings is 1. The van der Waals surface area contributed by atoms with Crippen molar-refractivity contribution in [2.45, 2.75) is 39.2 Å². The van der Waals surface area contributed by atoms with Gasteiger partial charge in [-0.3, -0.25) is 0 Å². The Morgan fingerprint density at radius 2 is 2.18 bits per heavy atom. The molecule has 0 atom stereocenters. The summed E-state index contributed by atoms with van der Waals surface area (Å²) in [7, 11) is 2.10. The van der Waals surface area contributed by atoms with Crippen LogP contribution in [0.4, 0.5) is 0 Å². The predicted molar refractivity (Wildman–Crippen MR) is 73.7 cm³/mol. The predicted octanol–water partition coefficient (Wildman–Crippen LogP) is 3.99. The van der Waals surface area contributed by atoms with E-state index in [1.807, 2.05) is 0 Å². The maximum absolute atomic E-state index is 3.77. The molecule has 1 aliphatic rings. The number of aryl methyl sites for hydroxylation is 1. The fourth-order valence-electron chi connectivity index (χ4n) is 2.51. The Labute approximate surface area is 104 Å². The van der Waals surface area contributed by atoms with E-state index >= 15 is 0 Å². The molecule has 1 aromatic rings. The minimum atomic E-state index is 0.995. The van der Waals surface area contributed by atoms with Crippen molar-refractivity contribution in [3.05, 3.63) is 47.2 Å². The summed E-state index contributed by atoms with van der Waals surface area (Å²) in [6, 6.07) is 6.84. The van der Waals surface area contributed by atoms with Gasteiger partial charge in [-0.2, -0.15) is 0 Å². The monoisotopic (exact) mass is 227 g/mol. The second-order valence-electron chi connectivity index (χ2n) is 4.83. The molecule has 1 heterocycles. The molecule has 0 fully saturated rings. The Morgan fingerprint density at radius 3 is 2.88 bits per heavy atom. The van der Waals surface area contributed by atoms with E-state index in [0.29, 0.717) is 0 Å². The molecular weight excluding hydrogens is 206 g/mol. The number of unbranched alkanes of at least 4 members (excludes halogenated alkanes) is 2. The first-order valence-corrected chi connectivity index (χ1v) is 6.49. The molecule has 0 unspecified atom stereocenters. The molecule has 2 rings (SSSR count). The van der Waals surface area contributed by atoms with Crippen LogP contribution in [0.1, 0.15) is 42.9 Å². The van der Waals surface area contributed by atoms with Gasteiger partial charge < -0.3 is 4.90 Å². The Kier molecular flexibility index (Phi) is 3.71. The number of fused-ring (bicyclic) bond motifs is 1. The van der Waals surface area contributed by atoms with Crippen molar-refractivity contribution in [1.29, 1.82) is 0 Å². The molecular formula is C16H21N. The second kappa shape index (κ2) is 5.25. The quantitative estimate of drug-likeness (QED) is 0.555. The Bertz CT molecular complexity index is 453. The van der Waals surface area contributed by atoms with Crippen LogP contribution < -0.4 is 0 Å². The van der Waals surface area contributed by atoms with Gasteiger partial charge in [0.15, 0.2) is 0 Å². The molecule has 1 aliphatic heterocycles. The van der Waals surface area contributed by atoms with Gasteiger partial charge in [-0.25, -0.2) is 0 Å². The summed E-state index contributed by atoms with van der Waals surface area (Å²) < 4.78 is 0. The smallest absolute Gasteiger partial charge is 0.0871 e. The average molecular weight is 227 g/mol. The third-order valence-corrected chi connectivity index (χ3v) is 3.45. The van der Waals surface area contributed by atoms with E-state index in [0.717, 1.165) is 12.2 Å². The summed E-state index contributed by atoms with van der Waals surface area (Å²) in [6.07, 6.45) is 5.12. The molecule has 0 spiro atoms. The van der Waals surface area contributed by atoms with Crippen molar-refractivity contribution in [1.82, 2.24) is 4.90 Å². The number of rotatable bonds is 4. The van der Waals surface area contributed by atoms with Crippen LogP contribution in [0.5, 0.6) is 0 Å². The molecule has 17 heavy (non-hydrogen) atoms. The van der Waals surface area contributed by atoms with Crippen LogP contribution in [-0.4, -0.2) is 11.9 Å². The van der Waals surface area contributed by atoms with Gasteiger partial charge in [-0.15, -0.1) is 5.73 Å². The van der Waals surface area contributed by atoms with Crippen molar-refractivity contribution < 1.29 is 0 Å². The van der Waals surface area contributed by atoms with Crippen molar-refractivity contribution >= 4 is 5.70 Å². The SMILES string of the molecule is C=C=C1c2ccc(CCCCC)cc2CN1C. The summed E-state index contributed by atoms with van der Waals surface area (Å²) in [5, 5.41) is 0. The first-order chi connectivity index (χ1) is 8.26. The Morgan fingerprint density at radius 1 is 1.35 bits per heavy atom. The largest absolute Gasteiger partial charge is 0.363 e. The van der Waals surface area contributed by atoms with E-state index in [2.05, 4.69) is 49.4 Å². The van der Waals surface area contributed by atoms with Gasteiger partial charge in [0.25, 0.3) is 0 Å². The molecule has 0 amide bonds. The summed E-state index contributed by atoms with van der Waals surface area (Å²) >= 11 is 0. The fraction of sp³-hybridized carbons (Fsp3) is 0.438. The summed E-state index contributed by atoms with van der Waals surface area (Å²) in [4.78, 5) is 2.22. The molecule has 0 saturated heterocycles. The Hall–Kier alpha value is -1.46. The molecule has 1 aromatic carbocycles. The second-order valence-corrected chi connectivity index (χ2v) is 4.83. The standard InChI is InChI=1S/C16H21N/c1-4-6-7-8-13-9-10-15-14(11-13)12-17(3)16(15)5-2/h9-11H,2,4,6-8,12H2,1,3H3. The molecule has 1 heteroatoms. The van der Waals surface area contributed by atoms with E-state index in [4.69, 9.17) is 0 Å². The topological polar surface area (TPSA) is 3.24 Å². The van der Waals surface area contributed by atoms with E-state index in [1.54, 1.807) is 0 Å². The van der Waals surface area contributed by atoms with Crippen LogP contribution in [-0.2, 0) is 13.0 Å². The van der Waals surface area contributed by atoms with E-state index in [-0.39, 0.29) is 0 Å². The molecule has 0 N–H and O–H groups in total. The molecule has 1 nitrogen and oxygen atoms in total. The molecule has 0 saturated carbocycles. The minimum absolute atomic E-state index is 0.995. The highest BCUT2D eigenvalue weighted by Crippen LogP contribution is 2.31. The van der Waals surface area contributed by atoms with Crippen LogP contribution in [0.15, 0.2) is 30.5 Å². The van der Waals surface area contributed by atoms with Gasteiger partial charge in [-0.1, -0.05) is 44.5 Å². The number of hydrogen-bond acceptors (Lipinski definition) is 1. The van der Waals surface area contributed by atoms with Gasteiger partial charge in [-0.05, 0) is 24.0 Å². The zero-order chi connectivity index (χ0) is 12.3. The highest BCUT2D eigenvalue weighted by Gasteiger charge is 2.20. The molecule has 90 valence electrons. The lowest BCUT2D eigenvalue weighted by Gasteiger charge is -2.09. The third-order valence-electron chi connectivity index (χ3n) is 3.45. The van der Waals surface area contributed by atoms with Crippen molar-refractivity contribution in [3.63, 3.8) is 0 Å². The molecule has 0 aliphatic carbocycles. The van der Waals surface area contributed by atoms with Gasteiger partial charge in [0.05, 0.1) is 5.70 Å². The van der Waals surface area contributed by atoms with Crippen molar-refractivity contribution in [2.24, 2.45) is 0 Å². The summed E-state index contributed by atoms with van der Waals surface area (Å²) in [5.74, 6) is 0. The first kappa shape index (κ1) is 12.0. The van der Waals surface area contributed by atoms with Gasteiger partial charge >= 0.3 is 0 Å². The highest BCUT2D eigenvalue weighted by atomic mass is 15.1. The van der Waals surface area contributed by atoms with Crippen molar-refractivity contribution in [3.8, 4) is 0 Å². The normalized spacial score (nSPS) is 13.8. The average Bonchev–Trinajstić information content (AvgIpc) is 2.64. The maximum atomic E-state index is 3.77. The lowest BCUT2D eigenvalue weighted by molar-refractivity contribution is 0.501. The highest BCUT2D eigenvalue weighted by molar-refractivity contribution is 5.70. The zero-order valence-electron chi connectivity index (χ0n) is 10.9. The maximum Gasteiger partial charge on any atom is 0.0871 e. The van der Waals surface area contributed by atoms with E-state index in [1.165, 1.54) is 42.4 Å². The van der Waals surface area contributed by atoms with Crippen molar-refractivity contribution in [2.75, 3.05) is 7.05 Å². The van der Waals surface area contributed by atoms with Crippen LogP contribution in [0.25, 0.3) is 5.70 Å². The van der Waals surface area contributed by atoms with E-state index in [9.17, 15) is 0 Å². The number of nitrogens with zero attached hydrogens (tertiary/aromatic N) is 1. The fourth-order valence-corrected chi connectivity index (χ4v) is 2.51. The lowest BCUT2D eigenvalue weighted by Crippen LogP contribution is -2.06. The molecule has 0 aromatic heterocycles. The van der Waals surface area contributed by atoms with Crippen LogP contribution in [0.2, 0.25) is 0 Å². The van der Waals surface area contributed by atoms with Crippen LogP contribution in [0.3, 0.4) is 0 Å². The molecule has 0 radical (unpaired) electrons. The van der Waals surface area contributed by atoms with E-state index < -0.39 is 0 Å². The summed E-state index contributed by atoms with van der Waals surface area (Å²) in [6.45, 7) is 7.02. The van der Waals surface area contributed by atoms with Crippen LogP contribution >= 0.6 is 0 Å². The summed E-state index contributed by atoms with van der Waals surface area (Å²) in [5.41, 5.74) is 8.37. The minimum Gasteiger partial charge on any atom is -0.363 e. The Balaban J connectivity index is 2.17. The van der Waals surface area contributed by atoms with Gasteiger partial charge in [0.1, 0.15) is 0 Å².